The van der Waals surface area contributed by atoms with E-state index >= 15 is 0 Å². The van der Waals surface area contributed by atoms with E-state index < -0.39 is 0 Å². The molecule has 108 valence electrons. The molecule has 1 amide bonds. The number of carbonyl (C=O) groups is 1. The van der Waals surface area contributed by atoms with Crippen LogP contribution in [0.3, 0.4) is 0 Å². The second-order valence-electron chi connectivity index (χ2n) is 4.81. The van der Waals surface area contributed by atoms with Gasteiger partial charge in [0.2, 0.25) is 5.91 Å². The number of carbonyl (C=O) groups excluding carboxylic acids is 1. The number of nitrogens with zero attached hydrogens (tertiary/aromatic N) is 2. The average Bonchev–Trinajstić information content (AvgIpc) is 2.73. The molecule has 5 heteroatoms. The second kappa shape index (κ2) is 6.52. The highest BCUT2D eigenvalue weighted by Gasteiger charge is 2.09. The van der Waals surface area contributed by atoms with Crippen LogP contribution in [0.1, 0.15) is 24.6 Å². The molecule has 1 aromatic carbocycles. The summed E-state index contributed by atoms with van der Waals surface area (Å²) in [6.45, 7) is 5.52. The molecule has 0 unspecified atom stereocenters. The van der Waals surface area contributed by atoms with E-state index in [1.165, 1.54) is 5.56 Å². The normalized spacial score (nSPS) is 10.9. The van der Waals surface area contributed by atoms with Gasteiger partial charge in [0.15, 0.2) is 0 Å². The Hall–Kier alpha value is -1.88. The standard InChI is InChI=1S/C15H21N3O2/c1-4-20-8-7-15(19)16-10-13-12-9-11(2)5-6-14(12)18(3)17-13/h5-6,9H,4,7-8,10H2,1-3H3,(H,16,19). The van der Waals surface area contributed by atoms with Crippen LogP contribution in [0.15, 0.2) is 18.2 Å². The Kier molecular flexibility index (Phi) is 4.74. The van der Waals surface area contributed by atoms with Gasteiger partial charge in [0.05, 0.1) is 24.4 Å². The summed E-state index contributed by atoms with van der Waals surface area (Å²) in [6, 6.07) is 6.22. The molecule has 0 radical (unpaired) electrons. The molecule has 0 saturated carbocycles. The van der Waals surface area contributed by atoms with Crippen molar-refractivity contribution in [3.8, 4) is 0 Å². The van der Waals surface area contributed by atoms with Crippen molar-refractivity contribution in [2.75, 3.05) is 13.2 Å². The van der Waals surface area contributed by atoms with E-state index in [1.54, 1.807) is 0 Å². The van der Waals surface area contributed by atoms with Crippen LogP contribution in [0.2, 0.25) is 0 Å². The molecule has 2 rings (SSSR count). The van der Waals surface area contributed by atoms with Gasteiger partial charge in [-0.3, -0.25) is 9.48 Å². The molecular weight excluding hydrogens is 254 g/mol. The number of hydrogen-bond acceptors (Lipinski definition) is 3. The van der Waals surface area contributed by atoms with Gasteiger partial charge in [-0.1, -0.05) is 11.6 Å². The summed E-state index contributed by atoms with van der Waals surface area (Å²) in [5, 5.41) is 8.45. The van der Waals surface area contributed by atoms with Crippen LogP contribution in [0, 0.1) is 6.92 Å². The molecule has 0 saturated heterocycles. The first-order valence-corrected chi connectivity index (χ1v) is 6.88. The Morgan fingerprint density at radius 2 is 2.25 bits per heavy atom. The predicted molar refractivity (Wildman–Crippen MR) is 78.4 cm³/mol. The number of ether oxygens (including phenoxy) is 1. The molecule has 1 heterocycles. The predicted octanol–water partition coefficient (Wildman–Crippen LogP) is 1.92. The zero-order valence-corrected chi connectivity index (χ0v) is 12.3. The highest BCUT2D eigenvalue weighted by molar-refractivity contribution is 5.83. The van der Waals surface area contributed by atoms with Crippen molar-refractivity contribution in [1.29, 1.82) is 0 Å². The Morgan fingerprint density at radius 1 is 1.45 bits per heavy atom. The van der Waals surface area contributed by atoms with Crippen molar-refractivity contribution in [2.45, 2.75) is 26.8 Å². The minimum absolute atomic E-state index is 0.00935. The largest absolute Gasteiger partial charge is 0.381 e. The first-order chi connectivity index (χ1) is 9.61. The number of amides is 1. The Labute approximate surface area is 118 Å². The molecule has 0 spiro atoms. The zero-order valence-electron chi connectivity index (χ0n) is 12.3. The first kappa shape index (κ1) is 14.5. The van der Waals surface area contributed by atoms with Gasteiger partial charge in [-0.15, -0.1) is 0 Å². The topological polar surface area (TPSA) is 56.1 Å². The Morgan fingerprint density at radius 3 is 3.00 bits per heavy atom. The van der Waals surface area contributed by atoms with Crippen LogP contribution in [-0.4, -0.2) is 28.9 Å². The molecule has 20 heavy (non-hydrogen) atoms. The molecule has 0 atom stereocenters. The van der Waals surface area contributed by atoms with Crippen LogP contribution >= 0.6 is 0 Å². The molecule has 1 N–H and O–H groups in total. The molecule has 0 fully saturated rings. The summed E-state index contributed by atoms with van der Waals surface area (Å²) in [7, 11) is 1.91. The van der Waals surface area contributed by atoms with Gasteiger partial charge in [0, 0.05) is 25.5 Å². The number of aryl methyl sites for hydroxylation is 2. The lowest BCUT2D eigenvalue weighted by Crippen LogP contribution is -2.24. The number of fused-ring (bicyclic) bond motifs is 1. The Bertz CT molecular complexity index is 604. The fraction of sp³-hybridized carbons (Fsp3) is 0.467. The molecule has 0 bridgehead atoms. The molecule has 0 aliphatic rings. The van der Waals surface area contributed by atoms with Crippen LogP contribution in [0.5, 0.6) is 0 Å². The monoisotopic (exact) mass is 275 g/mol. The third-order valence-electron chi connectivity index (χ3n) is 3.21. The zero-order chi connectivity index (χ0) is 14.5. The molecule has 1 aromatic heterocycles. The van der Waals surface area contributed by atoms with Gasteiger partial charge < -0.3 is 10.1 Å². The minimum Gasteiger partial charge on any atom is -0.381 e. The van der Waals surface area contributed by atoms with Crippen LogP contribution in [-0.2, 0) is 23.1 Å². The quantitative estimate of drug-likeness (QED) is 0.819. The van der Waals surface area contributed by atoms with Crippen molar-refractivity contribution in [3.63, 3.8) is 0 Å². The maximum Gasteiger partial charge on any atom is 0.222 e. The van der Waals surface area contributed by atoms with Crippen molar-refractivity contribution in [2.24, 2.45) is 7.05 Å². The van der Waals surface area contributed by atoms with Crippen molar-refractivity contribution < 1.29 is 9.53 Å². The molecule has 0 aliphatic heterocycles. The van der Waals surface area contributed by atoms with E-state index in [-0.39, 0.29) is 5.91 Å². The third-order valence-corrected chi connectivity index (χ3v) is 3.21. The summed E-state index contributed by atoms with van der Waals surface area (Å²) < 4.78 is 7.01. The summed E-state index contributed by atoms with van der Waals surface area (Å²) in [5.41, 5.74) is 3.17. The van der Waals surface area contributed by atoms with E-state index in [4.69, 9.17) is 4.74 Å². The lowest BCUT2D eigenvalue weighted by Gasteiger charge is -2.04. The number of nitrogens with one attached hydrogen (secondary N) is 1. The summed E-state index contributed by atoms with van der Waals surface area (Å²) in [4.78, 5) is 11.7. The van der Waals surface area contributed by atoms with E-state index in [1.807, 2.05) is 18.7 Å². The van der Waals surface area contributed by atoms with Crippen molar-refractivity contribution >= 4 is 16.8 Å². The highest BCUT2D eigenvalue weighted by atomic mass is 16.5. The van der Waals surface area contributed by atoms with Gasteiger partial charge >= 0.3 is 0 Å². The smallest absolute Gasteiger partial charge is 0.222 e. The van der Waals surface area contributed by atoms with E-state index in [0.29, 0.717) is 26.2 Å². The minimum atomic E-state index is -0.00935. The molecule has 0 aliphatic carbocycles. The van der Waals surface area contributed by atoms with Gasteiger partial charge in [0.1, 0.15) is 0 Å². The molecular formula is C15H21N3O2. The Balaban J connectivity index is 2.03. The molecule has 5 nitrogen and oxygen atoms in total. The summed E-state index contributed by atoms with van der Waals surface area (Å²) >= 11 is 0. The van der Waals surface area contributed by atoms with Gasteiger partial charge in [-0.05, 0) is 26.0 Å². The van der Waals surface area contributed by atoms with E-state index in [2.05, 4.69) is 35.5 Å². The van der Waals surface area contributed by atoms with Crippen LogP contribution in [0.25, 0.3) is 10.9 Å². The number of rotatable bonds is 6. The molecule has 2 aromatic rings. The van der Waals surface area contributed by atoms with Gasteiger partial charge in [-0.25, -0.2) is 0 Å². The maximum absolute atomic E-state index is 11.7. The fourth-order valence-electron chi connectivity index (χ4n) is 2.16. The lowest BCUT2D eigenvalue weighted by atomic mass is 10.1. The van der Waals surface area contributed by atoms with Crippen LogP contribution < -0.4 is 5.32 Å². The van der Waals surface area contributed by atoms with Gasteiger partial charge in [-0.2, -0.15) is 5.10 Å². The average molecular weight is 275 g/mol. The van der Waals surface area contributed by atoms with Gasteiger partial charge in [0.25, 0.3) is 0 Å². The van der Waals surface area contributed by atoms with Crippen LogP contribution in [0.4, 0.5) is 0 Å². The second-order valence-corrected chi connectivity index (χ2v) is 4.81. The van der Waals surface area contributed by atoms with E-state index in [0.717, 1.165) is 16.6 Å². The summed E-state index contributed by atoms with van der Waals surface area (Å²) in [5.74, 6) is -0.00935. The fourth-order valence-corrected chi connectivity index (χ4v) is 2.16. The van der Waals surface area contributed by atoms with E-state index in [9.17, 15) is 4.79 Å². The number of benzene rings is 1. The number of aromatic nitrogens is 2. The van der Waals surface area contributed by atoms with Crippen molar-refractivity contribution in [3.05, 3.63) is 29.5 Å². The third kappa shape index (κ3) is 3.36. The summed E-state index contributed by atoms with van der Waals surface area (Å²) in [6.07, 6.45) is 0.387. The SMILES string of the molecule is CCOCCC(=O)NCc1nn(C)c2ccc(C)cc12. The lowest BCUT2D eigenvalue weighted by molar-refractivity contribution is -0.122. The first-order valence-electron chi connectivity index (χ1n) is 6.88. The number of hydrogen-bond donors (Lipinski definition) is 1. The highest BCUT2D eigenvalue weighted by Crippen LogP contribution is 2.19. The van der Waals surface area contributed by atoms with Crippen molar-refractivity contribution in [1.82, 2.24) is 15.1 Å². The maximum atomic E-state index is 11.7.